The molecule has 1 heterocycles. The molecule has 3 nitrogen and oxygen atoms in total. The van der Waals surface area contributed by atoms with E-state index in [-0.39, 0.29) is 6.10 Å². The van der Waals surface area contributed by atoms with Crippen LogP contribution >= 0.6 is 0 Å². The molecule has 1 fully saturated rings. The second-order valence-corrected chi connectivity index (χ2v) is 3.89. The van der Waals surface area contributed by atoms with E-state index in [1.165, 1.54) is 0 Å². The van der Waals surface area contributed by atoms with Crippen molar-refractivity contribution in [3.05, 3.63) is 18.0 Å². The largest absolute Gasteiger partial charge is 0.387 e. The molecule has 1 saturated carbocycles. The Bertz CT molecular complexity index is 295. The first-order valence-electron chi connectivity index (χ1n) is 4.93. The predicted octanol–water partition coefficient (Wildman–Crippen LogP) is 1.59. The molecular formula is C10H16N2O. The molecule has 13 heavy (non-hydrogen) atoms. The number of aryl methyl sites for hydroxylation is 1. The zero-order valence-corrected chi connectivity index (χ0v) is 8.14. The summed E-state index contributed by atoms with van der Waals surface area (Å²) in [5.41, 5.74) is 0.969. The first-order chi connectivity index (χ1) is 6.24. The lowest BCUT2D eigenvalue weighted by molar-refractivity contribution is 0.137. The molecule has 1 aromatic heterocycles. The smallest absolute Gasteiger partial charge is 0.0987 e. The van der Waals surface area contributed by atoms with Gasteiger partial charge in [-0.15, -0.1) is 0 Å². The molecule has 72 valence electrons. The number of hydrogen-bond acceptors (Lipinski definition) is 2. The summed E-state index contributed by atoms with van der Waals surface area (Å²) < 4.78 is 1.87. The van der Waals surface area contributed by atoms with E-state index >= 15 is 0 Å². The van der Waals surface area contributed by atoms with E-state index < -0.39 is 0 Å². The van der Waals surface area contributed by atoms with Gasteiger partial charge in [0.15, 0.2) is 0 Å². The topological polar surface area (TPSA) is 38.0 Å². The Hall–Kier alpha value is -0.830. The summed E-state index contributed by atoms with van der Waals surface area (Å²) >= 11 is 0. The molecule has 0 spiro atoms. The highest BCUT2D eigenvalue weighted by atomic mass is 16.3. The predicted molar refractivity (Wildman–Crippen MR) is 50.1 cm³/mol. The molecule has 0 saturated heterocycles. The molecule has 3 atom stereocenters. The van der Waals surface area contributed by atoms with Gasteiger partial charge >= 0.3 is 0 Å². The van der Waals surface area contributed by atoms with Crippen LogP contribution in [0.15, 0.2) is 12.3 Å². The van der Waals surface area contributed by atoms with Gasteiger partial charge in [0.25, 0.3) is 0 Å². The van der Waals surface area contributed by atoms with E-state index in [1.54, 1.807) is 6.20 Å². The molecule has 0 bridgehead atoms. The number of hydrogen-bond donors (Lipinski definition) is 1. The summed E-state index contributed by atoms with van der Waals surface area (Å²) in [7, 11) is 0. The highest BCUT2D eigenvalue weighted by Crippen LogP contribution is 2.46. The van der Waals surface area contributed by atoms with Gasteiger partial charge in [-0.1, -0.05) is 6.92 Å². The molecule has 2 rings (SSSR count). The van der Waals surface area contributed by atoms with E-state index in [1.807, 2.05) is 17.7 Å². The van der Waals surface area contributed by atoms with Crippen molar-refractivity contribution in [1.82, 2.24) is 9.78 Å². The van der Waals surface area contributed by atoms with Crippen molar-refractivity contribution >= 4 is 0 Å². The fourth-order valence-corrected chi connectivity index (χ4v) is 1.87. The fraction of sp³-hybridized carbons (Fsp3) is 0.700. The Morgan fingerprint density at radius 1 is 1.77 bits per heavy atom. The molecule has 0 aliphatic heterocycles. The first-order valence-corrected chi connectivity index (χ1v) is 4.93. The van der Waals surface area contributed by atoms with Gasteiger partial charge < -0.3 is 5.11 Å². The third-order valence-electron chi connectivity index (χ3n) is 2.93. The van der Waals surface area contributed by atoms with Crippen molar-refractivity contribution in [2.75, 3.05) is 0 Å². The van der Waals surface area contributed by atoms with Crippen molar-refractivity contribution in [3.8, 4) is 0 Å². The number of aliphatic hydroxyl groups is 1. The van der Waals surface area contributed by atoms with Crippen LogP contribution in [0.1, 0.15) is 32.1 Å². The molecule has 0 radical (unpaired) electrons. The second kappa shape index (κ2) is 3.14. The standard InChI is InChI=1S/C10H16N2O/c1-3-12-9(4-5-11-12)10(13)8-6-7(8)2/h4-5,7-8,10,13H,3,6H2,1-2H3. The van der Waals surface area contributed by atoms with E-state index in [9.17, 15) is 5.11 Å². The summed E-state index contributed by atoms with van der Waals surface area (Å²) in [5.74, 6) is 1.14. The van der Waals surface area contributed by atoms with Crippen molar-refractivity contribution in [3.63, 3.8) is 0 Å². The van der Waals surface area contributed by atoms with E-state index in [0.717, 1.165) is 18.7 Å². The van der Waals surface area contributed by atoms with E-state index in [4.69, 9.17) is 0 Å². The van der Waals surface area contributed by atoms with Gasteiger partial charge in [0, 0.05) is 12.7 Å². The van der Waals surface area contributed by atoms with Gasteiger partial charge in [0.2, 0.25) is 0 Å². The van der Waals surface area contributed by atoms with Gasteiger partial charge in [0.1, 0.15) is 0 Å². The number of aromatic nitrogens is 2. The van der Waals surface area contributed by atoms with Crippen molar-refractivity contribution in [2.45, 2.75) is 32.9 Å². The average molecular weight is 180 g/mol. The van der Waals surface area contributed by atoms with Crippen LogP contribution < -0.4 is 0 Å². The number of rotatable bonds is 3. The molecule has 1 N–H and O–H groups in total. The maximum atomic E-state index is 9.97. The summed E-state index contributed by atoms with van der Waals surface area (Å²) in [6, 6.07) is 1.92. The second-order valence-electron chi connectivity index (χ2n) is 3.89. The zero-order valence-electron chi connectivity index (χ0n) is 8.14. The van der Waals surface area contributed by atoms with Gasteiger partial charge in [-0.3, -0.25) is 4.68 Å². The van der Waals surface area contributed by atoms with E-state index in [2.05, 4.69) is 12.0 Å². The summed E-state index contributed by atoms with van der Waals surface area (Å²) in [6.07, 6.45) is 2.60. The first kappa shape index (κ1) is 8.75. The highest BCUT2D eigenvalue weighted by Gasteiger charge is 2.40. The van der Waals surface area contributed by atoms with Gasteiger partial charge in [-0.25, -0.2) is 0 Å². The SMILES string of the molecule is CCn1nccc1C(O)C1CC1C. The fourth-order valence-electron chi connectivity index (χ4n) is 1.87. The minimum absolute atomic E-state index is 0.308. The summed E-state index contributed by atoms with van der Waals surface area (Å²) in [5, 5.41) is 14.1. The van der Waals surface area contributed by atoms with Crippen molar-refractivity contribution in [2.24, 2.45) is 11.8 Å². The van der Waals surface area contributed by atoms with Crippen molar-refractivity contribution in [1.29, 1.82) is 0 Å². The molecule has 1 aliphatic carbocycles. The summed E-state index contributed by atoms with van der Waals surface area (Å²) in [4.78, 5) is 0. The molecule has 3 unspecified atom stereocenters. The Kier molecular flexibility index (Phi) is 2.12. The Morgan fingerprint density at radius 3 is 3.00 bits per heavy atom. The zero-order chi connectivity index (χ0) is 9.42. The normalized spacial score (nSPS) is 28.8. The van der Waals surface area contributed by atoms with Crippen LogP contribution in [-0.2, 0) is 6.54 Å². The number of aliphatic hydroxyl groups excluding tert-OH is 1. The lowest BCUT2D eigenvalue weighted by atomic mass is 10.1. The Balaban J connectivity index is 2.15. The average Bonchev–Trinajstić information content (AvgIpc) is 2.70. The Labute approximate surface area is 78.4 Å². The van der Waals surface area contributed by atoms with E-state index in [0.29, 0.717) is 11.8 Å². The van der Waals surface area contributed by atoms with Gasteiger partial charge in [0.05, 0.1) is 11.8 Å². The van der Waals surface area contributed by atoms with Crippen LogP contribution in [0.3, 0.4) is 0 Å². The van der Waals surface area contributed by atoms with Crippen LogP contribution in [-0.4, -0.2) is 14.9 Å². The number of nitrogens with zero attached hydrogens (tertiary/aromatic N) is 2. The Morgan fingerprint density at radius 2 is 2.46 bits per heavy atom. The lowest BCUT2D eigenvalue weighted by Gasteiger charge is -2.11. The maximum Gasteiger partial charge on any atom is 0.0987 e. The molecule has 1 aliphatic rings. The van der Waals surface area contributed by atoms with Gasteiger partial charge in [-0.05, 0) is 31.2 Å². The lowest BCUT2D eigenvalue weighted by Crippen LogP contribution is -2.09. The van der Waals surface area contributed by atoms with Crippen molar-refractivity contribution < 1.29 is 5.11 Å². The molecule has 3 heteroatoms. The van der Waals surface area contributed by atoms with Gasteiger partial charge in [-0.2, -0.15) is 5.10 Å². The third-order valence-corrected chi connectivity index (χ3v) is 2.93. The monoisotopic (exact) mass is 180 g/mol. The molecule has 1 aromatic rings. The van der Waals surface area contributed by atoms with Crippen LogP contribution in [0, 0.1) is 11.8 Å². The molecule has 0 aromatic carbocycles. The third kappa shape index (κ3) is 1.48. The summed E-state index contributed by atoms with van der Waals surface area (Å²) in [6.45, 7) is 5.06. The quantitative estimate of drug-likeness (QED) is 0.767. The molecule has 0 amide bonds. The molecular weight excluding hydrogens is 164 g/mol. The van der Waals surface area contributed by atoms with Crippen LogP contribution in [0.5, 0.6) is 0 Å². The van der Waals surface area contributed by atoms with Crippen LogP contribution in [0.4, 0.5) is 0 Å². The van der Waals surface area contributed by atoms with Crippen LogP contribution in [0.25, 0.3) is 0 Å². The minimum atomic E-state index is -0.308. The van der Waals surface area contributed by atoms with Crippen LogP contribution in [0.2, 0.25) is 0 Å². The maximum absolute atomic E-state index is 9.97. The minimum Gasteiger partial charge on any atom is -0.387 e. The highest BCUT2D eigenvalue weighted by molar-refractivity contribution is 5.09.